The number of nitrogens with zero attached hydrogens (tertiary/aromatic N) is 5. The van der Waals surface area contributed by atoms with E-state index in [9.17, 15) is 4.79 Å². The van der Waals surface area contributed by atoms with E-state index in [2.05, 4.69) is 49.2 Å². The molecule has 1 aliphatic rings. The maximum Gasteiger partial charge on any atom is 0.262 e. The Morgan fingerprint density at radius 3 is 2.33 bits per heavy atom. The zero-order valence-electron chi connectivity index (χ0n) is 26.1. The van der Waals surface area contributed by atoms with Crippen LogP contribution in [0.15, 0.2) is 48.8 Å². The van der Waals surface area contributed by atoms with Crippen molar-refractivity contribution in [3.63, 3.8) is 0 Å². The molecule has 2 N–H and O–H groups in total. The summed E-state index contributed by atoms with van der Waals surface area (Å²) in [5.41, 5.74) is 3.59. The lowest BCUT2D eigenvalue weighted by atomic mass is 10.1. The topological polar surface area (TPSA) is 89.6 Å². The Kier molecular flexibility index (Phi) is 11.8. The lowest BCUT2D eigenvalue weighted by Gasteiger charge is -2.32. The molecule has 2 aromatic heterocycles. The molecule has 10 heteroatoms. The second kappa shape index (κ2) is 15.3. The number of aromatic amines is 1. The molecule has 1 amide bonds. The highest BCUT2D eigenvalue weighted by atomic mass is 19.1. The Bertz CT molecular complexity index is 1450. The maximum absolute atomic E-state index is 15.2. The minimum atomic E-state index is -0.529. The first-order valence-electron chi connectivity index (χ1n) is 14.6. The van der Waals surface area contributed by atoms with E-state index in [0.717, 1.165) is 44.1 Å². The third-order valence-electron chi connectivity index (χ3n) is 6.69. The number of anilines is 2. The maximum atomic E-state index is 15.2. The van der Waals surface area contributed by atoms with Crippen LogP contribution >= 0.6 is 0 Å². The number of aryl methyl sites for hydroxylation is 1. The molecule has 1 saturated heterocycles. The number of halogens is 1. The summed E-state index contributed by atoms with van der Waals surface area (Å²) in [6, 6.07) is 13.0. The van der Waals surface area contributed by atoms with E-state index in [1.165, 1.54) is 22.9 Å². The van der Waals surface area contributed by atoms with Crippen molar-refractivity contribution in [3.05, 3.63) is 71.4 Å². The molecule has 1 fully saturated rings. The Hall–Kier alpha value is -4.02. The molecule has 0 saturated carbocycles. The second-order valence-electron chi connectivity index (χ2n) is 9.90. The van der Waals surface area contributed by atoms with Crippen LogP contribution in [0.2, 0.25) is 0 Å². The molecule has 2 aromatic carbocycles. The summed E-state index contributed by atoms with van der Waals surface area (Å²) < 4.78 is 21.1. The summed E-state index contributed by atoms with van der Waals surface area (Å²) in [6.07, 6.45) is 1.29. The van der Waals surface area contributed by atoms with Crippen LogP contribution in [0.25, 0.3) is 10.9 Å². The molecule has 4 aromatic rings. The molecule has 0 atom stereocenters. The van der Waals surface area contributed by atoms with Crippen LogP contribution < -0.4 is 10.1 Å². The predicted octanol–water partition coefficient (Wildman–Crippen LogP) is 6.44. The highest BCUT2D eigenvalue weighted by Gasteiger charge is 2.24. The molecular weight excluding hydrogens is 533 g/mol. The van der Waals surface area contributed by atoms with Gasteiger partial charge < -0.3 is 24.8 Å². The molecule has 0 unspecified atom stereocenters. The largest absolute Gasteiger partial charge is 0.435 e. The van der Waals surface area contributed by atoms with Crippen LogP contribution in [0.3, 0.4) is 0 Å². The van der Waals surface area contributed by atoms with Gasteiger partial charge in [0.1, 0.15) is 11.9 Å². The number of benzene rings is 2. The molecule has 1 aliphatic heterocycles. The van der Waals surface area contributed by atoms with Crippen molar-refractivity contribution in [2.45, 2.75) is 41.2 Å². The van der Waals surface area contributed by atoms with Gasteiger partial charge in [0, 0.05) is 69.1 Å². The van der Waals surface area contributed by atoms with Gasteiger partial charge in [0.05, 0.1) is 0 Å². The van der Waals surface area contributed by atoms with E-state index in [4.69, 9.17) is 4.74 Å². The summed E-state index contributed by atoms with van der Waals surface area (Å²) >= 11 is 0. The fourth-order valence-corrected chi connectivity index (χ4v) is 4.52. The van der Waals surface area contributed by atoms with Gasteiger partial charge in [0.25, 0.3) is 5.91 Å². The van der Waals surface area contributed by atoms with Gasteiger partial charge in [-0.1, -0.05) is 39.8 Å². The SMILES string of the molecule is CC.CC.Cc1cc2c(F)c(Oc3ncnc(Nc4ccc(CN5CCN(C)CC5)cc4)c3C(=O)N(C)C)ccc2[nH]1. The number of rotatable bonds is 7. The Labute approximate surface area is 248 Å². The van der Waals surface area contributed by atoms with Gasteiger partial charge >= 0.3 is 0 Å². The average Bonchev–Trinajstić information content (AvgIpc) is 3.40. The van der Waals surface area contributed by atoms with Crippen molar-refractivity contribution in [2.75, 3.05) is 52.6 Å². The van der Waals surface area contributed by atoms with Gasteiger partial charge in [-0.15, -0.1) is 0 Å². The fourth-order valence-electron chi connectivity index (χ4n) is 4.52. The third kappa shape index (κ3) is 7.83. The van der Waals surface area contributed by atoms with Gasteiger partial charge in [0.2, 0.25) is 5.88 Å². The van der Waals surface area contributed by atoms with Gasteiger partial charge in [-0.25, -0.2) is 14.4 Å². The van der Waals surface area contributed by atoms with Crippen molar-refractivity contribution < 1.29 is 13.9 Å². The predicted molar refractivity (Wildman–Crippen MR) is 168 cm³/mol. The van der Waals surface area contributed by atoms with Crippen LogP contribution in [-0.2, 0) is 6.54 Å². The van der Waals surface area contributed by atoms with Crippen LogP contribution in [0.5, 0.6) is 11.6 Å². The van der Waals surface area contributed by atoms with Crippen LogP contribution in [0, 0.1) is 12.7 Å². The summed E-state index contributed by atoms with van der Waals surface area (Å²) in [4.78, 5) is 31.0. The number of ether oxygens (including phenoxy) is 1. The van der Waals surface area contributed by atoms with E-state index in [1.54, 1.807) is 26.2 Å². The lowest BCUT2D eigenvalue weighted by molar-refractivity contribution is 0.0825. The molecule has 42 heavy (non-hydrogen) atoms. The molecular formula is C32H44FN7O2. The molecule has 3 heterocycles. The van der Waals surface area contributed by atoms with Crippen molar-refractivity contribution in [1.29, 1.82) is 0 Å². The smallest absolute Gasteiger partial charge is 0.262 e. The normalized spacial score (nSPS) is 13.5. The zero-order chi connectivity index (χ0) is 30.8. The molecule has 0 bridgehead atoms. The van der Waals surface area contributed by atoms with Crippen molar-refractivity contribution >= 4 is 28.3 Å². The number of fused-ring (bicyclic) bond motifs is 1. The Balaban J connectivity index is 0.00000116. The summed E-state index contributed by atoms with van der Waals surface area (Å²) in [5, 5.41) is 3.63. The molecule has 226 valence electrons. The summed E-state index contributed by atoms with van der Waals surface area (Å²) in [6.45, 7) is 15.0. The fraction of sp³-hybridized carbons (Fsp3) is 0.406. The van der Waals surface area contributed by atoms with Crippen LogP contribution in [0.1, 0.15) is 49.3 Å². The van der Waals surface area contributed by atoms with Crippen LogP contribution in [-0.4, -0.2) is 82.9 Å². The van der Waals surface area contributed by atoms with Crippen molar-refractivity contribution in [3.8, 4) is 11.6 Å². The summed E-state index contributed by atoms with van der Waals surface area (Å²) in [5.74, 6) is -0.673. The quantitative estimate of drug-likeness (QED) is 0.261. The minimum Gasteiger partial charge on any atom is -0.435 e. The number of hydrogen-bond donors (Lipinski definition) is 2. The number of likely N-dealkylation sites (N-methyl/N-ethyl adjacent to an activating group) is 1. The first-order chi connectivity index (χ1) is 20.3. The van der Waals surface area contributed by atoms with Gasteiger partial charge in [-0.05, 0) is 49.9 Å². The van der Waals surface area contributed by atoms with E-state index < -0.39 is 5.82 Å². The number of amides is 1. The highest BCUT2D eigenvalue weighted by Crippen LogP contribution is 2.34. The molecule has 0 spiro atoms. The van der Waals surface area contributed by atoms with Gasteiger partial charge in [-0.3, -0.25) is 9.69 Å². The van der Waals surface area contributed by atoms with E-state index in [1.807, 2.05) is 46.8 Å². The van der Waals surface area contributed by atoms with E-state index >= 15 is 4.39 Å². The number of nitrogens with one attached hydrogen (secondary N) is 2. The van der Waals surface area contributed by atoms with E-state index in [0.29, 0.717) is 10.9 Å². The number of carbonyl (C=O) groups is 1. The summed E-state index contributed by atoms with van der Waals surface area (Å²) in [7, 11) is 5.41. The monoisotopic (exact) mass is 577 g/mol. The number of carbonyl (C=O) groups excluding carboxylic acids is 1. The zero-order valence-corrected chi connectivity index (χ0v) is 26.1. The molecule has 0 aliphatic carbocycles. The number of aromatic nitrogens is 3. The Morgan fingerprint density at radius 1 is 1.02 bits per heavy atom. The number of piperazine rings is 1. The molecule has 9 nitrogen and oxygen atoms in total. The van der Waals surface area contributed by atoms with Crippen molar-refractivity contribution in [1.82, 2.24) is 29.7 Å². The lowest BCUT2D eigenvalue weighted by Crippen LogP contribution is -2.43. The standard InChI is InChI=1S/C28H32FN7O2.2C2H6/c1-18-15-21-22(32-18)9-10-23(25(21)29)38-27-24(28(37)34(2)3)26(30-17-31-27)33-20-7-5-19(6-8-20)16-36-13-11-35(4)12-14-36;2*1-2/h5-10,15,17,32H,11-14,16H2,1-4H3,(H,30,31,33);2*1-2H3. The number of H-pyrrole nitrogens is 1. The van der Waals surface area contributed by atoms with E-state index in [-0.39, 0.29) is 28.9 Å². The van der Waals surface area contributed by atoms with Gasteiger partial charge in [-0.2, -0.15) is 0 Å². The molecule has 5 rings (SSSR count). The average molecular weight is 578 g/mol. The first-order valence-corrected chi connectivity index (χ1v) is 14.6. The molecule has 0 radical (unpaired) electrons. The van der Waals surface area contributed by atoms with Crippen LogP contribution in [0.4, 0.5) is 15.9 Å². The third-order valence-corrected chi connectivity index (χ3v) is 6.69. The highest BCUT2D eigenvalue weighted by molar-refractivity contribution is 6.01. The minimum absolute atomic E-state index is 0.0257. The van der Waals surface area contributed by atoms with Crippen molar-refractivity contribution in [2.24, 2.45) is 0 Å². The number of hydrogen-bond acceptors (Lipinski definition) is 7. The second-order valence-corrected chi connectivity index (χ2v) is 9.90. The Morgan fingerprint density at radius 2 is 1.69 bits per heavy atom. The van der Waals surface area contributed by atoms with Gasteiger partial charge in [0.15, 0.2) is 17.4 Å². The first kappa shape index (κ1) is 32.5.